The number of thiazole rings is 1. The molecule has 0 radical (unpaired) electrons. The average Bonchev–Trinajstić information content (AvgIpc) is 3.45. The van der Waals surface area contributed by atoms with Gasteiger partial charge < -0.3 is 9.32 Å². The smallest absolute Gasteiger partial charge is 0.277 e. The van der Waals surface area contributed by atoms with Crippen LogP contribution in [0.4, 0.5) is 0 Å². The number of para-hydroxylation sites is 1. The van der Waals surface area contributed by atoms with E-state index in [1.54, 1.807) is 11.3 Å². The number of rotatable bonds is 5. The number of nitrogens with zero attached hydrogens (tertiary/aromatic N) is 4. The molecule has 0 unspecified atom stereocenters. The van der Waals surface area contributed by atoms with Gasteiger partial charge in [-0.15, -0.1) is 21.5 Å². The van der Waals surface area contributed by atoms with Gasteiger partial charge in [0, 0.05) is 24.6 Å². The molecule has 4 aromatic rings. The maximum atomic E-state index is 12.8. The van der Waals surface area contributed by atoms with Gasteiger partial charge in [-0.05, 0) is 44.0 Å². The number of aromatic nitrogens is 3. The van der Waals surface area contributed by atoms with Crippen LogP contribution in [0, 0.1) is 6.92 Å². The molecule has 158 valence electrons. The Kier molecular flexibility index (Phi) is 5.74. The number of hydrogen-bond donors (Lipinski definition) is 0. The lowest BCUT2D eigenvalue weighted by molar-refractivity contribution is -0.129. The number of hydrogen-bond acceptors (Lipinski definition) is 7. The number of piperidine rings is 1. The highest BCUT2D eigenvalue weighted by Crippen LogP contribution is 2.33. The lowest BCUT2D eigenvalue weighted by atomic mass is 9.99. The second-order valence-corrected chi connectivity index (χ2v) is 9.72. The van der Waals surface area contributed by atoms with Gasteiger partial charge in [0.05, 0.1) is 21.0 Å². The van der Waals surface area contributed by atoms with E-state index in [-0.39, 0.29) is 5.91 Å². The number of carbonyl (C=O) groups is 1. The number of thioether (sulfide) groups is 1. The Morgan fingerprint density at radius 1 is 1.19 bits per heavy atom. The van der Waals surface area contributed by atoms with Gasteiger partial charge in [-0.1, -0.05) is 41.6 Å². The summed E-state index contributed by atoms with van der Waals surface area (Å²) in [4.78, 5) is 19.6. The molecule has 0 aliphatic carbocycles. The monoisotopic (exact) mass is 450 g/mol. The highest BCUT2D eigenvalue weighted by molar-refractivity contribution is 7.99. The average molecular weight is 451 g/mol. The van der Waals surface area contributed by atoms with Crippen LogP contribution in [0.15, 0.2) is 58.2 Å². The molecule has 5 rings (SSSR count). The summed E-state index contributed by atoms with van der Waals surface area (Å²) < 4.78 is 6.94. The maximum absolute atomic E-state index is 12.8. The summed E-state index contributed by atoms with van der Waals surface area (Å²) in [5.41, 5.74) is 3.10. The fourth-order valence-electron chi connectivity index (χ4n) is 3.77. The van der Waals surface area contributed by atoms with Crippen molar-refractivity contribution < 1.29 is 9.21 Å². The predicted molar refractivity (Wildman–Crippen MR) is 123 cm³/mol. The van der Waals surface area contributed by atoms with Crippen molar-refractivity contribution in [3.63, 3.8) is 0 Å². The number of carbonyl (C=O) groups excluding carboxylic acids is 1. The molecule has 3 heterocycles. The number of likely N-dealkylation sites (tertiary alicyclic amines) is 1. The number of aryl methyl sites for hydroxylation is 1. The molecule has 6 nitrogen and oxygen atoms in total. The molecule has 0 saturated carbocycles. The molecule has 1 aliphatic rings. The van der Waals surface area contributed by atoms with E-state index in [4.69, 9.17) is 9.40 Å². The molecule has 1 atom stereocenters. The Morgan fingerprint density at radius 3 is 2.87 bits per heavy atom. The molecular formula is C23H22N4O2S2. The third kappa shape index (κ3) is 4.50. The van der Waals surface area contributed by atoms with Gasteiger partial charge in [0.1, 0.15) is 0 Å². The van der Waals surface area contributed by atoms with Gasteiger partial charge in [0.2, 0.25) is 11.8 Å². The lowest BCUT2D eigenvalue weighted by Crippen LogP contribution is -2.40. The zero-order valence-electron chi connectivity index (χ0n) is 17.2. The van der Waals surface area contributed by atoms with Gasteiger partial charge in [-0.2, -0.15) is 0 Å². The molecule has 1 fully saturated rings. The maximum Gasteiger partial charge on any atom is 0.277 e. The van der Waals surface area contributed by atoms with Gasteiger partial charge in [-0.25, -0.2) is 4.98 Å². The fraction of sp³-hybridized carbons (Fsp3) is 0.304. The van der Waals surface area contributed by atoms with Crippen LogP contribution in [0.5, 0.6) is 0 Å². The Bertz CT molecular complexity index is 1170. The van der Waals surface area contributed by atoms with E-state index < -0.39 is 0 Å². The molecule has 0 N–H and O–H groups in total. The second kappa shape index (κ2) is 8.80. The SMILES string of the molecule is Cc1ccc(-c2nnc(SCC(=O)N3CCC[C@@H](c4nc5ccccc5s4)C3)o2)cc1. The van der Waals surface area contributed by atoms with Crippen molar-refractivity contribution in [3.8, 4) is 11.5 Å². The number of fused-ring (bicyclic) bond motifs is 1. The Morgan fingerprint density at radius 2 is 2.03 bits per heavy atom. The van der Waals surface area contributed by atoms with Crippen LogP contribution >= 0.6 is 23.1 Å². The summed E-state index contributed by atoms with van der Waals surface area (Å²) in [5.74, 6) is 1.17. The zero-order chi connectivity index (χ0) is 21.2. The van der Waals surface area contributed by atoms with Crippen LogP contribution in [0.2, 0.25) is 0 Å². The van der Waals surface area contributed by atoms with E-state index in [1.165, 1.54) is 22.0 Å². The van der Waals surface area contributed by atoms with E-state index >= 15 is 0 Å². The minimum absolute atomic E-state index is 0.103. The molecular weight excluding hydrogens is 428 g/mol. The van der Waals surface area contributed by atoms with E-state index in [1.807, 2.05) is 54.3 Å². The van der Waals surface area contributed by atoms with Gasteiger partial charge in [-0.3, -0.25) is 4.79 Å². The first-order chi connectivity index (χ1) is 15.2. The molecule has 2 aromatic carbocycles. The summed E-state index contributed by atoms with van der Waals surface area (Å²) >= 11 is 3.04. The van der Waals surface area contributed by atoms with Gasteiger partial charge >= 0.3 is 0 Å². The first-order valence-corrected chi connectivity index (χ1v) is 12.1. The number of amides is 1. The molecule has 1 aliphatic heterocycles. The van der Waals surface area contributed by atoms with Crippen LogP contribution in [0.25, 0.3) is 21.7 Å². The molecule has 8 heteroatoms. The Balaban J connectivity index is 1.20. The quantitative estimate of drug-likeness (QED) is 0.392. The molecule has 31 heavy (non-hydrogen) atoms. The van der Waals surface area contributed by atoms with E-state index in [0.717, 1.165) is 42.0 Å². The van der Waals surface area contributed by atoms with Crippen molar-refractivity contribution in [2.45, 2.75) is 30.9 Å². The predicted octanol–water partition coefficient (Wildman–Crippen LogP) is 5.15. The normalized spacial score (nSPS) is 16.7. The van der Waals surface area contributed by atoms with E-state index in [2.05, 4.69) is 16.3 Å². The molecule has 1 saturated heterocycles. The second-order valence-electron chi connectivity index (χ2n) is 7.73. The minimum Gasteiger partial charge on any atom is -0.411 e. The molecule has 2 aromatic heterocycles. The van der Waals surface area contributed by atoms with Gasteiger partial charge in [0.15, 0.2) is 0 Å². The summed E-state index contributed by atoms with van der Waals surface area (Å²) in [6.45, 7) is 3.55. The van der Waals surface area contributed by atoms with Crippen molar-refractivity contribution >= 4 is 39.2 Å². The first-order valence-electron chi connectivity index (χ1n) is 10.3. The van der Waals surface area contributed by atoms with E-state index in [9.17, 15) is 4.79 Å². The highest BCUT2D eigenvalue weighted by atomic mass is 32.2. The zero-order valence-corrected chi connectivity index (χ0v) is 18.8. The van der Waals surface area contributed by atoms with Crippen LogP contribution in [0.3, 0.4) is 0 Å². The van der Waals surface area contributed by atoms with Crippen molar-refractivity contribution in [3.05, 3.63) is 59.1 Å². The molecule has 0 spiro atoms. The Hall–Kier alpha value is -2.71. The summed E-state index contributed by atoms with van der Waals surface area (Å²) in [6, 6.07) is 16.1. The highest BCUT2D eigenvalue weighted by Gasteiger charge is 2.27. The van der Waals surface area contributed by atoms with Crippen molar-refractivity contribution in [2.75, 3.05) is 18.8 Å². The van der Waals surface area contributed by atoms with E-state index in [0.29, 0.717) is 22.8 Å². The van der Waals surface area contributed by atoms with Crippen molar-refractivity contribution in [1.82, 2.24) is 20.1 Å². The summed E-state index contributed by atoms with van der Waals surface area (Å²) in [7, 11) is 0. The lowest BCUT2D eigenvalue weighted by Gasteiger charge is -2.31. The van der Waals surface area contributed by atoms with Crippen LogP contribution in [-0.2, 0) is 4.79 Å². The summed E-state index contributed by atoms with van der Waals surface area (Å²) in [5, 5.41) is 9.75. The molecule has 0 bridgehead atoms. The Labute approximate surface area is 188 Å². The van der Waals surface area contributed by atoms with Crippen LogP contribution < -0.4 is 0 Å². The minimum atomic E-state index is 0.103. The van der Waals surface area contributed by atoms with Crippen LogP contribution in [-0.4, -0.2) is 44.8 Å². The third-order valence-corrected chi connectivity index (χ3v) is 7.46. The van der Waals surface area contributed by atoms with Crippen molar-refractivity contribution in [1.29, 1.82) is 0 Å². The molecule has 1 amide bonds. The summed E-state index contributed by atoms with van der Waals surface area (Å²) in [6.07, 6.45) is 2.06. The largest absolute Gasteiger partial charge is 0.411 e. The third-order valence-electron chi connectivity index (χ3n) is 5.46. The first kappa shape index (κ1) is 20.2. The topological polar surface area (TPSA) is 72.1 Å². The van der Waals surface area contributed by atoms with Crippen molar-refractivity contribution in [2.24, 2.45) is 0 Å². The standard InChI is InChI=1S/C23H22N4O2S2/c1-15-8-10-16(11-9-15)21-25-26-23(29-21)30-14-20(28)27-12-4-5-17(13-27)22-24-18-6-2-3-7-19(18)31-22/h2-3,6-11,17H,4-5,12-14H2,1H3/t17-/m1/s1. The van der Waals surface area contributed by atoms with Crippen LogP contribution in [0.1, 0.15) is 29.3 Å². The van der Waals surface area contributed by atoms with Gasteiger partial charge in [0.25, 0.3) is 5.22 Å². The number of benzene rings is 2. The fourth-order valence-corrected chi connectivity index (χ4v) is 5.52.